The van der Waals surface area contributed by atoms with Crippen LogP contribution in [0.1, 0.15) is 0 Å². The number of rotatable bonds is 4. The third-order valence-electron chi connectivity index (χ3n) is 3.91. The first kappa shape index (κ1) is 15.1. The Morgan fingerprint density at radius 3 is 1.39 bits per heavy atom. The molecule has 0 aliphatic rings. The predicted octanol–water partition coefficient (Wildman–Crippen LogP) is 3.73. The van der Waals surface area contributed by atoms with Crippen LogP contribution in [0, 0.1) is 0 Å². The van der Waals surface area contributed by atoms with Gasteiger partial charge in [0.05, 0.1) is 39.2 Å². The predicted molar refractivity (Wildman–Crippen MR) is 89.3 cm³/mol. The minimum Gasteiger partial charge on any atom is -0.506 e. The Bertz CT molecular complexity index is 816. The first-order valence-corrected chi connectivity index (χ1v) is 7.06. The van der Waals surface area contributed by atoms with Gasteiger partial charge in [-0.3, -0.25) is 0 Å². The highest BCUT2D eigenvalue weighted by atomic mass is 16.5. The molecule has 0 fully saturated rings. The molecular formula is C18H18O5. The zero-order chi connectivity index (χ0) is 16.6. The van der Waals surface area contributed by atoms with Gasteiger partial charge in [0.1, 0.15) is 28.7 Å². The van der Waals surface area contributed by atoms with Crippen LogP contribution in [0.4, 0.5) is 0 Å². The van der Waals surface area contributed by atoms with E-state index >= 15 is 0 Å². The summed E-state index contributed by atoms with van der Waals surface area (Å²) in [5.41, 5.74) is 0. The van der Waals surface area contributed by atoms with Gasteiger partial charge in [-0.2, -0.15) is 0 Å². The molecule has 3 aromatic rings. The lowest BCUT2D eigenvalue weighted by atomic mass is 10.00. The molecule has 0 atom stereocenters. The van der Waals surface area contributed by atoms with Gasteiger partial charge in [0.15, 0.2) is 0 Å². The van der Waals surface area contributed by atoms with E-state index in [2.05, 4.69) is 0 Å². The first-order chi connectivity index (χ1) is 11.1. The maximum atomic E-state index is 10.8. The number of fused-ring (bicyclic) bond motifs is 2. The van der Waals surface area contributed by atoms with Gasteiger partial charge in [0.25, 0.3) is 0 Å². The molecule has 3 rings (SSSR count). The fourth-order valence-electron chi connectivity index (χ4n) is 2.81. The molecule has 1 N–H and O–H groups in total. The van der Waals surface area contributed by atoms with Crippen LogP contribution < -0.4 is 18.9 Å². The third-order valence-corrected chi connectivity index (χ3v) is 3.91. The summed E-state index contributed by atoms with van der Waals surface area (Å²) in [5.74, 6) is 2.50. The fourth-order valence-corrected chi connectivity index (χ4v) is 2.81. The van der Waals surface area contributed by atoms with Crippen molar-refractivity contribution in [3.05, 3.63) is 30.3 Å². The minimum atomic E-state index is 0.108. The lowest BCUT2D eigenvalue weighted by molar-refractivity contribution is 0.394. The normalized spacial score (nSPS) is 10.8. The zero-order valence-electron chi connectivity index (χ0n) is 13.5. The number of aromatic hydroxyl groups is 1. The van der Waals surface area contributed by atoms with Crippen molar-refractivity contribution in [2.45, 2.75) is 0 Å². The van der Waals surface area contributed by atoms with E-state index in [9.17, 15) is 5.11 Å². The monoisotopic (exact) mass is 314 g/mol. The number of ether oxygens (including phenoxy) is 4. The summed E-state index contributed by atoms with van der Waals surface area (Å²) in [5, 5.41) is 13.7. The Morgan fingerprint density at radius 2 is 1.04 bits per heavy atom. The van der Waals surface area contributed by atoms with Crippen molar-refractivity contribution in [1.82, 2.24) is 0 Å². The summed E-state index contributed by atoms with van der Waals surface area (Å²) in [7, 11) is 6.30. The highest BCUT2D eigenvalue weighted by Gasteiger charge is 2.17. The number of phenols is 1. The van der Waals surface area contributed by atoms with Crippen LogP contribution in [0.5, 0.6) is 28.7 Å². The Labute approximate surface area is 134 Å². The number of hydrogen-bond donors (Lipinski definition) is 1. The van der Waals surface area contributed by atoms with Crippen LogP contribution in [0.2, 0.25) is 0 Å². The molecule has 0 radical (unpaired) electrons. The van der Waals surface area contributed by atoms with Gasteiger partial charge in [0.2, 0.25) is 0 Å². The van der Waals surface area contributed by atoms with Gasteiger partial charge >= 0.3 is 0 Å². The molecule has 120 valence electrons. The summed E-state index contributed by atoms with van der Waals surface area (Å²) in [6, 6.07) is 9.13. The van der Waals surface area contributed by atoms with Crippen molar-refractivity contribution in [3.63, 3.8) is 0 Å². The van der Waals surface area contributed by atoms with Crippen molar-refractivity contribution >= 4 is 21.5 Å². The van der Waals surface area contributed by atoms with Crippen LogP contribution in [0.25, 0.3) is 21.5 Å². The number of phenolic OH excluding ortho intramolecular Hbond substituents is 1. The quantitative estimate of drug-likeness (QED) is 0.744. The smallest absolute Gasteiger partial charge is 0.138 e. The highest BCUT2D eigenvalue weighted by molar-refractivity contribution is 6.10. The molecule has 5 heteroatoms. The molecule has 3 aromatic carbocycles. The average Bonchev–Trinajstić information content (AvgIpc) is 2.59. The molecule has 0 saturated carbocycles. The number of methoxy groups -OCH3 is 4. The van der Waals surface area contributed by atoms with Gasteiger partial charge in [0, 0.05) is 12.1 Å². The van der Waals surface area contributed by atoms with Gasteiger partial charge in [-0.15, -0.1) is 0 Å². The Balaban J connectivity index is 2.49. The van der Waals surface area contributed by atoms with Crippen molar-refractivity contribution in [1.29, 1.82) is 0 Å². The topological polar surface area (TPSA) is 57.2 Å². The molecule has 0 aliphatic heterocycles. The lowest BCUT2D eigenvalue weighted by Gasteiger charge is -2.15. The second-order valence-corrected chi connectivity index (χ2v) is 5.08. The van der Waals surface area contributed by atoms with Crippen LogP contribution in [0.15, 0.2) is 30.3 Å². The fraction of sp³-hybridized carbons (Fsp3) is 0.222. The van der Waals surface area contributed by atoms with E-state index in [0.717, 1.165) is 10.8 Å². The lowest BCUT2D eigenvalue weighted by Crippen LogP contribution is -1.92. The molecular weight excluding hydrogens is 296 g/mol. The standard InChI is InChI=1S/C18H18O5/c1-20-12-6-10-5-11-7-13(21-2)9-15(23-4)17(11)18(19)16(10)14(8-12)22-3/h5-9,19H,1-4H3. The second-order valence-electron chi connectivity index (χ2n) is 5.08. The van der Waals surface area contributed by atoms with Crippen molar-refractivity contribution in [2.75, 3.05) is 28.4 Å². The van der Waals surface area contributed by atoms with Crippen molar-refractivity contribution in [3.8, 4) is 28.7 Å². The van der Waals surface area contributed by atoms with E-state index in [4.69, 9.17) is 18.9 Å². The van der Waals surface area contributed by atoms with Crippen LogP contribution in [-0.4, -0.2) is 33.5 Å². The molecule has 0 unspecified atom stereocenters. The van der Waals surface area contributed by atoms with Crippen LogP contribution in [-0.2, 0) is 0 Å². The molecule has 0 aliphatic carbocycles. The summed E-state index contributed by atoms with van der Waals surface area (Å²) in [4.78, 5) is 0. The Kier molecular flexibility index (Phi) is 3.78. The summed E-state index contributed by atoms with van der Waals surface area (Å²) in [6.45, 7) is 0. The summed E-state index contributed by atoms with van der Waals surface area (Å²) in [6.07, 6.45) is 0. The molecule has 0 aromatic heterocycles. The average molecular weight is 314 g/mol. The molecule has 5 nitrogen and oxygen atoms in total. The minimum absolute atomic E-state index is 0.108. The molecule has 23 heavy (non-hydrogen) atoms. The Hall–Kier alpha value is -2.82. The van der Waals surface area contributed by atoms with E-state index in [1.165, 1.54) is 0 Å². The van der Waals surface area contributed by atoms with E-state index < -0.39 is 0 Å². The third kappa shape index (κ3) is 2.34. The first-order valence-electron chi connectivity index (χ1n) is 7.06. The molecule has 0 spiro atoms. The van der Waals surface area contributed by atoms with Crippen molar-refractivity contribution < 1.29 is 24.1 Å². The van der Waals surface area contributed by atoms with Crippen LogP contribution in [0.3, 0.4) is 0 Å². The van der Waals surface area contributed by atoms with Crippen LogP contribution >= 0.6 is 0 Å². The van der Waals surface area contributed by atoms with E-state index in [1.807, 2.05) is 18.2 Å². The van der Waals surface area contributed by atoms with E-state index in [1.54, 1.807) is 40.6 Å². The second kappa shape index (κ2) is 5.76. The van der Waals surface area contributed by atoms with Gasteiger partial charge in [-0.25, -0.2) is 0 Å². The van der Waals surface area contributed by atoms with Gasteiger partial charge < -0.3 is 24.1 Å². The molecule has 0 heterocycles. The maximum absolute atomic E-state index is 10.8. The van der Waals surface area contributed by atoms with E-state index in [0.29, 0.717) is 33.8 Å². The summed E-state index contributed by atoms with van der Waals surface area (Å²) < 4.78 is 21.4. The number of benzene rings is 3. The SMILES string of the molecule is COc1cc(OC)c2c(O)c3c(OC)cc(OC)cc3cc2c1. The highest BCUT2D eigenvalue weighted by Crippen LogP contribution is 2.45. The zero-order valence-corrected chi connectivity index (χ0v) is 13.5. The van der Waals surface area contributed by atoms with E-state index in [-0.39, 0.29) is 5.75 Å². The van der Waals surface area contributed by atoms with Gasteiger partial charge in [-0.05, 0) is 29.0 Å². The molecule has 0 saturated heterocycles. The van der Waals surface area contributed by atoms with Gasteiger partial charge in [-0.1, -0.05) is 0 Å². The Morgan fingerprint density at radius 1 is 0.609 bits per heavy atom. The molecule has 0 amide bonds. The van der Waals surface area contributed by atoms with Crippen molar-refractivity contribution in [2.24, 2.45) is 0 Å². The number of hydrogen-bond acceptors (Lipinski definition) is 5. The largest absolute Gasteiger partial charge is 0.506 e. The maximum Gasteiger partial charge on any atom is 0.138 e. The molecule has 0 bridgehead atoms. The summed E-state index contributed by atoms with van der Waals surface area (Å²) >= 11 is 0.